The second-order valence-electron chi connectivity index (χ2n) is 9.67. The Morgan fingerprint density at radius 1 is 1.09 bits per heavy atom. The average Bonchev–Trinajstić information content (AvgIpc) is 2.94. The minimum atomic E-state index is -0.883. The summed E-state index contributed by atoms with van der Waals surface area (Å²) in [6.45, 7) is 0. The molecule has 1 fully saturated rings. The Balaban J connectivity index is 1.54. The molecule has 1 saturated carbocycles. The van der Waals surface area contributed by atoms with Gasteiger partial charge < -0.3 is 16.2 Å². The average molecular weight is 450 g/mol. The molecule has 2 unspecified atom stereocenters. The maximum Gasteiger partial charge on any atom is 0.320 e. The first-order valence-corrected chi connectivity index (χ1v) is 12.2. The van der Waals surface area contributed by atoms with Gasteiger partial charge in [0.25, 0.3) is 0 Å². The molecule has 2 aromatic rings. The van der Waals surface area contributed by atoms with Crippen LogP contribution < -0.4 is 16.4 Å². The number of para-hydroxylation sites is 1. The zero-order valence-corrected chi connectivity index (χ0v) is 19.1. The number of rotatable bonds is 8. The lowest BCUT2D eigenvalue weighted by Crippen LogP contribution is -2.52. The predicted molar refractivity (Wildman–Crippen MR) is 131 cm³/mol. The van der Waals surface area contributed by atoms with Crippen molar-refractivity contribution < 1.29 is 14.7 Å². The van der Waals surface area contributed by atoms with E-state index in [0.717, 1.165) is 23.2 Å². The number of hydrogen-bond donors (Lipinski definition) is 4. The minimum Gasteiger partial charge on any atom is -0.480 e. The molecule has 0 aromatic heterocycles. The monoisotopic (exact) mass is 449 g/mol. The Bertz CT molecular complexity index is 953. The fourth-order valence-electron chi connectivity index (χ4n) is 5.38. The van der Waals surface area contributed by atoms with Gasteiger partial charge in [0.1, 0.15) is 6.04 Å². The highest BCUT2D eigenvalue weighted by Gasteiger charge is 2.35. The maximum atomic E-state index is 13.3. The van der Waals surface area contributed by atoms with Crippen LogP contribution in [-0.2, 0) is 22.4 Å². The highest BCUT2D eigenvalue weighted by molar-refractivity contribution is 5.97. The molecule has 1 amide bonds. The van der Waals surface area contributed by atoms with Crippen LogP contribution in [0.5, 0.6) is 0 Å². The molecule has 176 valence electrons. The van der Waals surface area contributed by atoms with Crippen LogP contribution in [0.25, 0.3) is 0 Å². The van der Waals surface area contributed by atoms with E-state index in [1.807, 2.05) is 48.5 Å². The fraction of sp³-hybridized carbons (Fsp3) is 0.481. The van der Waals surface area contributed by atoms with Crippen LogP contribution in [0.2, 0.25) is 0 Å². The Hall–Kier alpha value is -2.86. The van der Waals surface area contributed by atoms with Gasteiger partial charge in [-0.25, -0.2) is 0 Å². The topological polar surface area (TPSA) is 104 Å². The van der Waals surface area contributed by atoms with Crippen molar-refractivity contribution in [1.29, 1.82) is 0 Å². The number of nitrogens with two attached hydrogens (primary N) is 1. The number of nitrogens with one attached hydrogen (secondary N) is 2. The van der Waals surface area contributed by atoms with Crippen molar-refractivity contribution in [3.05, 3.63) is 59.7 Å². The number of nitrogen functional groups attached to an aromatic ring is 1. The molecular weight excluding hydrogens is 414 g/mol. The van der Waals surface area contributed by atoms with Crippen LogP contribution in [0.4, 0.5) is 11.4 Å². The zero-order valence-electron chi connectivity index (χ0n) is 19.1. The number of aliphatic carboxylic acids is 1. The van der Waals surface area contributed by atoms with Crippen molar-refractivity contribution in [1.82, 2.24) is 5.32 Å². The smallest absolute Gasteiger partial charge is 0.320 e. The normalized spacial score (nSPS) is 22.1. The van der Waals surface area contributed by atoms with Crippen LogP contribution >= 0.6 is 0 Å². The standard InChI is InChI=1S/C27H35N3O3/c28-22-13-10-19(11-14-22)16-21-17-20-8-4-5-9-23(20)30-26(31)25(21)29-24(27(32)33)15-12-18-6-2-1-3-7-18/h4-5,8-11,13-14,18,21,24-25,29H,1-3,6-7,12,15-17,28H2,(H,30,31)(H,32,33)/t21?,24-,25?/m0/s1. The summed E-state index contributed by atoms with van der Waals surface area (Å²) in [5.41, 5.74) is 9.52. The molecule has 0 bridgehead atoms. The Morgan fingerprint density at radius 3 is 2.55 bits per heavy atom. The number of benzene rings is 2. The van der Waals surface area contributed by atoms with Gasteiger partial charge in [0.2, 0.25) is 5.91 Å². The van der Waals surface area contributed by atoms with Crippen LogP contribution in [0.3, 0.4) is 0 Å². The van der Waals surface area contributed by atoms with E-state index in [1.165, 1.54) is 32.1 Å². The highest BCUT2D eigenvalue weighted by Crippen LogP contribution is 2.30. The molecule has 1 aliphatic heterocycles. The molecule has 6 heteroatoms. The van der Waals surface area contributed by atoms with Crippen LogP contribution in [0, 0.1) is 11.8 Å². The summed E-state index contributed by atoms with van der Waals surface area (Å²) in [5, 5.41) is 16.3. The summed E-state index contributed by atoms with van der Waals surface area (Å²) < 4.78 is 0. The van der Waals surface area contributed by atoms with Gasteiger partial charge in [-0.2, -0.15) is 0 Å². The fourth-order valence-corrected chi connectivity index (χ4v) is 5.38. The first-order valence-electron chi connectivity index (χ1n) is 12.2. The third-order valence-electron chi connectivity index (χ3n) is 7.26. The molecule has 1 heterocycles. The molecule has 6 nitrogen and oxygen atoms in total. The lowest BCUT2D eigenvalue weighted by atomic mass is 9.84. The van der Waals surface area contributed by atoms with Gasteiger partial charge in [-0.05, 0) is 66.8 Å². The molecule has 2 aromatic carbocycles. The van der Waals surface area contributed by atoms with E-state index in [1.54, 1.807) is 0 Å². The summed E-state index contributed by atoms with van der Waals surface area (Å²) in [4.78, 5) is 25.5. The number of amides is 1. The van der Waals surface area contributed by atoms with E-state index in [4.69, 9.17) is 5.73 Å². The summed E-state index contributed by atoms with van der Waals surface area (Å²) in [7, 11) is 0. The molecule has 33 heavy (non-hydrogen) atoms. The molecule has 0 spiro atoms. The number of fused-ring (bicyclic) bond motifs is 1. The van der Waals surface area contributed by atoms with E-state index in [9.17, 15) is 14.7 Å². The van der Waals surface area contributed by atoms with Crippen LogP contribution in [0.15, 0.2) is 48.5 Å². The number of carboxylic acid groups (broad SMARTS) is 1. The molecule has 0 saturated heterocycles. The second kappa shape index (κ2) is 10.8. The van der Waals surface area contributed by atoms with E-state index < -0.39 is 18.1 Å². The quantitative estimate of drug-likeness (QED) is 0.447. The van der Waals surface area contributed by atoms with Crippen molar-refractivity contribution in [2.24, 2.45) is 11.8 Å². The summed E-state index contributed by atoms with van der Waals surface area (Å²) >= 11 is 0. The number of carboxylic acids is 1. The largest absolute Gasteiger partial charge is 0.480 e. The van der Waals surface area contributed by atoms with Crippen molar-refractivity contribution in [3.8, 4) is 0 Å². The first-order chi connectivity index (χ1) is 16.0. The van der Waals surface area contributed by atoms with Crippen LogP contribution in [0.1, 0.15) is 56.1 Å². The summed E-state index contributed by atoms with van der Waals surface area (Å²) in [6.07, 6.45) is 8.92. The van der Waals surface area contributed by atoms with E-state index >= 15 is 0 Å². The van der Waals surface area contributed by atoms with Crippen molar-refractivity contribution in [2.45, 2.75) is 69.9 Å². The summed E-state index contributed by atoms with van der Waals surface area (Å²) in [5.74, 6) is -0.523. The SMILES string of the molecule is Nc1ccc(CC2Cc3ccccc3NC(=O)C2N[C@@H](CCC2CCCCC2)C(=O)O)cc1. The van der Waals surface area contributed by atoms with Gasteiger partial charge in [0.15, 0.2) is 0 Å². The predicted octanol–water partition coefficient (Wildman–Crippen LogP) is 4.39. The molecule has 0 radical (unpaired) electrons. The molecule has 2 aliphatic rings. The van der Waals surface area contributed by atoms with Crippen molar-refractivity contribution in [3.63, 3.8) is 0 Å². The van der Waals surface area contributed by atoms with Crippen LogP contribution in [-0.4, -0.2) is 29.1 Å². The molecule has 5 N–H and O–H groups in total. The van der Waals surface area contributed by atoms with Gasteiger partial charge in [0.05, 0.1) is 6.04 Å². The second-order valence-corrected chi connectivity index (χ2v) is 9.67. The highest BCUT2D eigenvalue weighted by atomic mass is 16.4. The number of hydrogen-bond acceptors (Lipinski definition) is 4. The van der Waals surface area contributed by atoms with E-state index in [0.29, 0.717) is 30.9 Å². The molecule has 3 atom stereocenters. The van der Waals surface area contributed by atoms with Gasteiger partial charge in [-0.3, -0.25) is 14.9 Å². The van der Waals surface area contributed by atoms with Crippen molar-refractivity contribution >= 4 is 23.3 Å². The Labute approximate surface area is 196 Å². The third kappa shape index (κ3) is 6.14. The number of anilines is 2. The molecule has 4 rings (SSSR count). The van der Waals surface area contributed by atoms with Gasteiger partial charge >= 0.3 is 5.97 Å². The lowest BCUT2D eigenvalue weighted by Gasteiger charge is -2.29. The van der Waals surface area contributed by atoms with E-state index in [-0.39, 0.29) is 11.8 Å². The lowest BCUT2D eigenvalue weighted by molar-refractivity contribution is -0.140. The van der Waals surface area contributed by atoms with Gasteiger partial charge in [-0.15, -0.1) is 0 Å². The third-order valence-corrected chi connectivity index (χ3v) is 7.26. The first kappa shape index (κ1) is 23.3. The number of carbonyl (C=O) groups is 2. The Kier molecular flexibility index (Phi) is 7.65. The van der Waals surface area contributed by atoms with Gasteiger partial charge in [0, 0.05) is 11.4 Å². The zero-order chi connectivity index (χ0) is 23.2. The molecular formula is C27H35N3O3. The molecule has 1 aliphatic carbocycles. The van der Waals surface area contributed by atoms with Crippen molar-refractivity contribution in [2.75, 3.05) is 11.1 Å². The van der Waals surface area contributed by atoms with E-state index in [2.05, 4.69) is 10.6 Å². The Morgan fingerprint density at radius 2 is 1.82 bits per heavy atom. The number of carbonyl (C=O) groups excluding carboxylic acids is 1. The summed E-state index contributed by atoms with van der Waals surface area (Å²) in [6, 6.07) is 14.2. The minimum absolute atomic E-state index is 0.0752. The van der Waals surface area contributed by atoms with Gasteiger partial charge in [-0.1, -0.05) is 62.4 Å². The maximum absolute atomic E-state index is 13.3.